The Kier molecular flexibility index (Phi) is 4.21. The van der Waals surface area contributed by atoms with E-state index in [1.54, 1.807) is 0 Å². The van der Waals surface area contributed by atoms with E-state index in [-0.39, 0.29) is 24.2 Å². The van der Waals surface area contributed by atoms with Crippen molar-refractivity contribution >= 4 is 5.91 Å². The summed E-state index contributed by atoms with van der Waals surface area (Å²) in [6.45, 7) is 15.1. The molecule has 2 fully saturated rings. The maximum absolute atomic E-state index is 12.0. The fourth-order valence-corrected chi connectivity index (χ4v) is 3.07. The van der Waals surface area contributed by atoms with Gasteiger partial charge in [-0.15, -0.1) is 0 Å². The van der Waals surface area contributed by atoms with Gasteiger partial charge in [-0.3, -0.25) is 9.69 Å². The molecule has 0 aromatic carbocycles. The highest BCUT2D eigenvalue weighted by atomic mass is 16.5. The molecule has 0 bridgehead atoms. The number of nitrogens with zero attached hydrogens (tertiary/aromatic N) is 2. The molecule has 2 atom stereocenters. The quantitative estimate of drug-likeness (QED) is 0.779. The van der Waals surface area contributed by atoms with Crippen LogP contribution in [0.2, 0.25) is 0 Å². The second kappa shape index (κ2) is 5.41. The summed E-state index contributed by atoms with van der Waals surface area (Å²) in [7, 11) is 0. The average Bonchev–Trinajstić information content (AvgIpc) is 2.81. The number of amides is 1. The summed E-state index contributed by atoms with van der Waals surface area (Å²) in [5.74, 6) is 1.47. The maximum atomic E-state index is 12.0. The Morgan fingerprint density at radius 1 is 1.16 bits per heavy atom. The Balaban J connectivity index is 1.82. The average molecular weight is 268 g/mol. The molecule has 2 unspecified atom stereocenters. The van der Waals surface area contributed by atoms with Crippen molar-refractivity contribution in [1.82, 2.24) is 9.80 Å². The highest BCUT2D eigenvalue weighted by Crippen LogP contribution is 2.34. The lowest BCUT2D eigenvalue weighted by atomic mass is 10.0. The van der Waals surface area contributed by atoms with Crippen LogP contribution in [0.25, 0.3) is 0 Å². The van der Waals surface area contributed by atoms with Gasteiger partial charge in [0.15, 0.2) is 0 Å². The zero-order valence-corrected chi connectivity index (χ0v) is 13.0. The van der Waals surface area contributed by atoms with Crippen LogP contribution < -0.4 is 0 Å². The molecule has 2 aliphatic heterocycles. The molecular weight excluding hydrogens is 240 g/mol. The van der Waals surface area contributed by atoms with E-state index in [2.05, 4.69) is 25.7 Å². The van der Waals surface area contributed by atoms with E-state index in [0.29, 0.717) is 11.8 Å². The molecule has 0 N–H and O–H groups in total. The van der Waals surface area contributed by atoms with Crippen molar-refractivity contribution in [2.24, 2.45) is 11.8 Å². The zero-order valence-electron chi connectivity index (χ0n) is 13.0. The van der Waals surface area contributed by atoms with Crippen molar-refractivity contribution in [3.05, 3.63) is 0 Å². The SMILES string of the molecule is CC(C)OCC(=O)N1CC2CN(C(C)(C)C)CC2C1. The molecule has 0 saturated carbocycles. The third-order valence-corrected chi connectivity index (χ3v) is 4.33. The number of hydrogen-bond acceptors (Lipinski definition) is 3. The normalized spacial score (nSPS) is 28.2. The van der Waals surface area contributed by atoms with Gasteiger partial charge in [0.25, 0.3) is 0 Å². The summed E-state index contributed by atoms with van der Waals surface area (Å²) < 4.78 is 5.41. The minimum atomic E-state index is 0.127. The van der Waals surface area contributed by atoms with Gasteiger partial charge in [-0.25, -0.2) is 0 Å². The molecule has 0 radical (unpaired) electrons. The first-order valence-electron chi connectivity index (χ1n) is 7.42. The summed E-state index contributed by atoms with van der Waals surface area (Å²) in [6.07, 6.45) is 0.127. The van der Waals surface area contributed by atoms with Crippen molar-refractivity contribution in [1.29, 1.82) is 0 Å². The Labute approximate surface area is 117 Å². The maximum Gasteiger partial charge on any atom is 0.248 e. The first-order chi connectivity index (χ1) is 8.77. The molecule has 110 valence electrons. The third kappa shape index (κ3) is 3.48. The first-order valence-corrected chi connectivity index (χ1v) is 7.42. The molecule has 19 heavy (non-hydrogen) atoms. The fourth-order valence-electron chi connectivity index (χ4n) is 3.07. The Morgan fingerprint density at radius 3 is 2.11 bits per heavy atom. The van der Waals surface area contributed by atoms with E-state index in [9.17, 15) is 4.79 Å². The molecule has 2 rings (SSSR count). The highest BCUT2D eigenvalue weighted by Gasteiger charge is 2.43. The van der Waals surface area contributed by atoms with Crippen molar-refractivity contribution in [3.8, 4) is 0 Å². The van der Waals surface area contributed by atoms with Gasteiger partial charge >= 0.3 is 0 Å². The van der Waals surface area contributed by atoms with Gasteiger partial charge in [-0.1, -0.05) is 0 Å². The lowest BCUT2D eigenvalue weighted by molar-refractivity contribution is -0.136. The summed E-state index contributed by atoms with van der Waals surface area (Å²) in [6, 6.07) is 0. The Morgan fingerprint density at radius 2 is 1.68 bits per heavy atom. The highest BCUT2D eigenvalue weighted by molar-refractivity contribution is 5.77. The van der Waals surface area contributed by atoms with Gasteiger partial charge < -0.3 is 9.64 Å². The molecule has 4 heteroatoms. The lowest BCUT2D eigenvalue weighted by Crippen LogP contribution is -2.42. The minimum Gasteiger partial charge on any atom is -0.369 e. The molecule has 0 aliphatic carbocycles. The summed E-state index contributed by atoms with van der Waals surface area (Å²) >= 11 is 0. The number of fused-ring (bicyclic) bond motifs is 1. The number of ether oxygens (including phenoxy) is 1. The number of rotatable bonds is 3. The summed E-state index contributed by atoms with van der Waals surface area (Å²) in [4.78, 5) is 16.6. The van der Waals surface area contributed by atoms with Crippen LogP contribution in [0.1, 0.15) is 34.6 Å². The van der Waals surface area contributed by atoms with E-state index in [0.717, 1.165) is 26.2 Å². The molecular formula is C15H28N2O2. The smallest absolute Gasteiger partial charge is 0.248 e. The van der Waals surface area contributed by atoms with Crippen LogP contribution in [0.4, 0.5) is 0 Å². The van der Waals surface area contributed by atoms with Crippen molar-refractivity contribution in [2.45, 2.75) is 46.3 Å². The zero-order chi connectivity index (χ0) is 14.2. The van der Waals surface area contributed by atoms with E-state index in [1.807, 2.05) is 18.7 Å². The van der Waals surface area contributed by atoms with Gasteiger partial charge in [-0.05, 0) is 46.5 Å². The van der Waals surface area contributed by atoms with Crippen LogP contribution >= 0.6 is 0 Å². The van der Waals surface area contributed by atoms with Crippen LogP contribution in [0, 0.1) is 11.8 Å². The topological polar surface area (TPSA) is 32.8 Å². The Bertz CT molecular complexity index is 322. The second-order valence-electron chi connectivity index (χ2n) is 7.25. The van der Waals surface area contributed by atoms with Crippen molar-refractivity contribution in [3.63, 3.8) is 0 Å². The standard InChI is InChI=1S/C15H28N2O2/c1-11(2)19-10-14(18)16-6-12-8-17(15(3,4)5)9-13(12)7-16/h11-13H,6-10H2,1-5H3. The molecule has 2 heterocycles. The summed E-state index contributed by atoms with van der Waals surface area (Å²) in [5.41, 5.74) is 0.250. The van der Waals surface area contributed by atoms with E-state index < -0.39 is 0 Å². The molecule has 0 aromatic heterocycles. The minimum absolute atomic E-state index is 0.127. The van der Waals surface area contributed by atoms with Crippen LogP contribution in [0.5, 0.6) is 0 Å². The largest absolute Gasteiger partial charge is 0.369 e. The van der Waals surface area contributed by atoms with Gasteiger partial charge in [-0.2, -0.15) is 0 Å². The van der Waals surface area contributed by atoms with Gasteiger partial charge in [0, 0.05) is 31.7 Å². The molecule has 1 amide bonds. The number of carbonyl (C=O) groups excluding carboxylic acids is 1. The first kappa shape index (κ1) is 14.8. The van der Waals surface area contributed by atoms with E-state index in [1.165, 1.54) is 0 Å². The number of carbonyl (C=O) groups is 1. The van der Waals surface area contributed by atoms with Crippen LogP contribution in [0.15, 0.2) is 0 Å². The van der Waals surface area contributed by atoms with Crippen molar-refractivity contribution < 1.29 is 9.53 Å². The van der Waals surface area contributed by atoms with E-state index in [4.69, 9.17) is 4.74 Å². The fraction of sp³-hybridized carbons (Fsp3) is 0.933. The predicted molar refractivity (Wildman–Crippen MR) is 76.0 cm³/mol. The monoisotopic (exact) mass is 268 g/mol. The third-order valence-electron chi connectivity index (χ3n) is 4.33. The van der Waals surface area contributed by atoms with Crippen LogP contribution in [-0.2, 0) is 9.53 Å². The van der Waals surface area contributed by atoms with Gasteiger partial charge in [0.2, 0.25) is 5.91 Å². The molecule has 0 aromatic rings. The van der Waals surface area contributed by atoms with Crippen LogP contribution in [-0.4, -0.2) is 60.1 Å². The van der Waals surface area contributed by atoms with Crippen LogP contribution in [0.3, 0.4) is 0 Å². The lowest BCUT2D eigenvalue weighted by Gasteiger charge is -2.33. The Hall–Kier alpha value is -0.610. The molecule has 0 spiro atoms. The van der Waals surface area contributed by atoms with E-state index >= 15 is 0 Å². The van der Waals surface area contributed by atoms with Crippen molar-refractivity contribution in [2.75, 3.05) is 32.8 Å². The molecule has 4 nitrogen and oxygen atoms in total. The summed E-state index contributed by atoms with van der Waals surface area (Å²) in [5, 5.41) is 0. The van der Waals surface area contributed by atoms with Gasteiger partial charge in [0.1, 0.15) is 6.61 Å². The molecule has 2 aliphatic rings. The number of hydrogen-bond donors (Lipinski definition) is 0. The molecule has 2 saturated heterocycles. The van der Waals surface area contributed by atoms with Gasteiger partial charge in [0.05, 0.1) is 6.10 Å². The predicted octanol–water partition coefficient (Wildman–Crippen LogP) is 1.60. The number of likely N-dealkylation sites (tertiary alicyclic amines) is 2. The second-order valence-corrected chi connectivity index (χ2v) is 7.25.